The monoisotopic (exact) mass is 409 g/mol. The summed E-state index contributed by atoms with van der Waals surface area (Å²) < 4.78 is 32.8. The maximum Gasteiger partial charge on any atom is 0.262 e. The van der Waals surface area contributed by atoms with Gasteiger partial charge in [0.15, 0.2) is 0 Å². The summed E-state index contributed by atoms with van der Waals surface area (Å²) in [5, 5.41) is 0.820. The molecule has 4 nitrogen and oxygen atoms in total. The Morgan fingerprint density at radius 1 is 1.14 bits per heavy atom. The van der Waals surface area contributed by atoms with E-state index in [0.29, 0.717) is 20.3 Å². The lowest BCUT2D eigenvalue weighted by atomic mass is 10.3. The molecule has 1 N–H and O–H groups in total. The van der Waals surface area contributed by atoms with E-state index in [1.54, 1.807) is 12.1 Å². The number of anilines is 1. The summed E-state index contributed by atoms with van der Waals surface area (Å²) in [6.45, 7) is 0. The Morgan fingerprint density at radius 3 is 2.48 bits per heavy atom. The van der Waals surface area contributed by atoms with Crippen molar-refractivity contribution in [1.82, 2.24) is 0 Å². The van der Waals surface area contributed by atoms with Crippen LogP contribution in [0.2, 0.25) is 10.0 Å². The Bertz CT molecular complexity index is 781. The molecule has 0 radical (unpaired) electrons. The Labute approximate surface area is 141 Å². The lowest BCUT2D eigenvalue weighted by Gasteiger charge is -2.12. The van der Waals surface area contributed by atoms with Crippen molar-refractivity contribution in [2.75, 3.05) is 11.8 Å². The lowest BCUT2D eigenvalue weighted by Crippen LogP contribution is -2.13. The van der Waals surface area contributed by atoms with E-state index in [4.69, 9.17) is 27.9 Å². The van der Waals surface area contributed by atoms with Crippen LogP contribution in [0.1, 0.15) is 0 Å². The molecule has 0 fully saturated rings. The normalized spacial score (nSPS) is 11.2. The maximum atomic E-state index is 12.4. The number of nitrogens with one attached hydrogen (secondary N) is 1. The summed E-state index contributed by atoms with van der Waals surface area (Å²) in [4.78, 5) is 0.0702. The number of rotatable bonds is 4. The molecule has 0 aliphatic heterocycles. The van der Waals surface area contributed by atoms with Crippen molar-refractivity contribution in [3.63, 3.8) is 0 Å². The van der Waals surface area contributed by atoms with E-state index in [1.165, 1.54) is 31.4 Å². The van der Waals surface area contributed by atoms with Crippen LogP contribution in [-0.4, -0.2) is 15.5 Å². The molecule has 0 saturated heterocycles. The van der Waals surface area contributed by atoms with Crippen LogP contribution in [0.15, 0.2) is 45.8 Å². The highest BCUT2D eigenvalue weighted by molar-refractivity contribution is 9.10. The van der Waals surface area contributed by atoms with Crippen molar-refractivity contribution in [3.8, 4) is 5.75 Å². The number of ether oxygens (including phenoxy) is 1. The summed E-state index contributed by atoms with van der Waals surface area (Å²) in [5.74, 6) is 0.371. The molecule has 0 saturated carbocycles. The molecule has 2 rings (SSSR count). The summed E-state index contributed by atoms with van der Waals surface area (Å²) in [7, 11) is -2.33. The van der Waals surface area contributed by atoms with Crippen LogP contribution in [0.3, 0.4) is 0 Å². The lowest BCUT2D eigenvalue weighted by molar-refractivity contribution is 0.417. The predicted octanol–water partition coefficient (Wildman–Crippen LogP) is 4.57. The first-order chi connectivity index (χ1) is 9.83. The summed E-state index contributed by atoms with van der Waals surface area (Å²) in [6.07, 6.45) is 0. The van der Waals surface area contributed by atoms with E-state index in [1.807, 2.05) is 0 Å². The second-order valence-corrected chi connectivity index (χ2v) is 7.41. The van der Waals surface area contributed by atoms with Crippen molar-refractivity contribution in [1.29, 1.82) is 0 Å². The highest BCUT2D eigenvalue weighted by atomic mass is 79.9. The highest BCUT2D eigenvalue weighted by Gasteiger charge is 2.18. The van der Waals surface area contributed by atoms with E-state index in [9.17, 15) is 8.42 Å². The van der Waals surface area contributed by atoms with Crippen LogP contribution in [-0.2, 0) is 10.0 Å². The SMILES string of the molecule is COc1ccc(Cl)cc1NS(=O)(=O)c1ccc(Cl)c(Br)c1. The van der Waals surface area contributed by atoms with E-state index in [0.717, 1.165) is 0 Å². The number of methoxy groups -OCH3 is 1. The molecule has 112 valence electrons. The fraction of sp³-hybridized carbons (Fsp3) is 0.0769. The zero-order valence-electron chi connectivity index (χ0n) is 10.7. The second kappa shape index (κ2) is 6.44. The third-order valence-electron chi connectivity index (χ3n) is 2.61. The van der Waals surface area contributed by atoms with Gasteiger partial charge in [0.1, 0.15) is 5.75 Å². The number of halogens is 3. The van der Waals surface area contributed by atoms with Crippen molar-refractivity contribution < 1.29 is 13.2 Å². The summed E-state index contributed by atoms with van der Waals surface area (Å²) in [5.41, 5.74) is 0.260. The minimum atomic E-state index is -3.78. The molecular formula is C13H10BrCl2NO3S. The van der Waals surface area contributed by atoms with Gasteiger partial charge in [-0.15, -0.1) is 0 Å². The second-order valence-electron chi connectivity index (χ2n) is 4.03. The van der Waals surface area contributed by atoms with Crippen LogP contribution >= 0.6 is 39.1 Å². The predicted molar refractivity (Wildman–Crippen MR) is 88.0 cm³/mol. The van der Waals surface area contributed by atoms with E-state index in [-0.39, 0.29) is 10.6 Å². The topological polar surface area (TPSA) is 55.4 Å². The van der Waals surface area contributed by atoms with E-state index >= 15 is 0 Å². The van der Waals surface area contributed by atoms with Gasteiger partial charge in [0.05, 0.1) is 22.7 Å². The van der Waals surface area contributed by atoms with Gasteiger partial charge in [-0.2, -0.15) is 0 Å². The molecule has 0 amide bonds. The Balaban J connectivity index is 2.41. The molecule has 2 aromatic carbocycles. The van der Waals surface area contributed by atoms with Crippen molar-refractivity contribution in [3.05, 3.63) is 50.9 Å². The molecule has 21 heavy (non-hydrogen) atoms. The molecule has 0 bridgehead atoms. The molecule has 0 aliphatic carbocycles. The van der Waals surface area contributed by atoms with Gasteiger partial charge in [0.25, 0.3) is 10.0 Å². The molecule has 0 heterocycles. The Kier molecular flexibility index (Phi) is 5.03. The van der Waals surface area contributed by atoms with Crippen LogP contribution in [0.25, 0.3) is 0 Å². The molecule has 0 aliphatic rings. The van der Waals surface area contributed by atoms with Gasteiger partial charge in [-0.05, 0) is 52.3 Å². The summed E-state index contributed by atoms with van der Waals surface area (Å²) >= 11 is 14.9. The Morgan fingerprint density at radius 2 is 1.86 bits per heavy atom. The minimum Gasteiger partial charge on any atom is -0.495 e. The van der Waals surface area contributed by atoms with Crippen LogP contribution < -0.4 is 9.46 Å². The van der Waals surface area contributed by atoms with Gasteiger partial charge in [0.2, 0.25) is 0 Å². The molecule has 0 atom stereocenters. The molecule has 0 spiro atoms. The van der Waals surface area contributed by atoms with E-state index < -0.39 is 10.0 Å². The summed E-state index contributed by atoms with van der Waals surface area (Å²) in [6, 6.07) is 8.99. The number of hydrogen-bond donors (Lipinski definition) is 1. The van der Waals surface area contributed by atoms with Gasteiger partial charge in [0, 0.05) is 9.50 Å². The third kappa shape index (κ3) is 3.83. The zero-order valence-corrected chi connectivity index (χ0v) is 14.6. The third-order valence-corrected chi connectivity index (χ3v) is 5.42. The fourth-order valence-corrected chi connectivity index (χ4v) is 3.51. The number of benzene rings is 2. The van der Waals surface area contributed by atoms with Crippen LogP contribution in [0.4, 0.5) is 5.69 Å². The zero-order chi connectivity index (χ0) is 15.6. The van der Waals surface area contributed by atoms with E-state index in [2.05, 4.69) is 20.7 Å². The fourth-order valence-electron chi connectivity index (χ4n) is 1.61. The number of hydrogen-bond acceptors (Lipinski definition) is 3. The van der Waals surface area contributed by atoms with Crippen molar-refractivity contribution in [2.24, 2.45) is 0 Å². The van der Waals surface area contributed by atoms with Gasteiger partial charge in [-0.1, -0.05) is 23.2 Å². The van der Waals surface area contributed by atoms with Crippen LogP contribution in [0.5, 0.6) is 5.75 Å². The quantitative estimate of drug-likeness (QED) is 0.803. The maximum absolute atomic E-state index is 12.4. The molecule has 0 unspecified atom stereocenters. The first-order valence-electron chi connectivity index (χ1n) is 5.65. The largest absolute Gasteiger partial charge is 0.495 e. The first kappa shape index (κ1) is 16.4. The van der Waals surface area contributed by atoms with Gasteiger partial charge in [-0.3, -0.25) is 4.72 Å². The molecule has 0 aromatic heterocycles. The standard InChI is InChI=1S/C13H10BrCl2NO3S/c1-20-13-5-2-8(15)6-12(13)17-21(18,19)9-3-4-11(16)10(14)7-9/h2-7,17H,1H3. The molecular weight excluding hydrogens is 401 g/mol. The molecule has 2 aromatic rings. The van der Waals surface area contributed by atoms with Crippen molar-refractivity contribution >= 4 is 54.8 Å². The molecule has 8 heteroatoms. The smallest absolute Gasteiger partial charge is 0.262 e. The minimum absolute atomic E-state index is 0.0702. The van der Waals surface area contributed by atoms with Crippen molar-refractivity contribution in [2.45, 2.75) is 4.90 Å². The van der Waals surface area contributed by atoms with Crippen LogP contribution in [0, 0.1) is 0 Å². The average Bonchev–Trinajstić information content (AvgIpc) is 2.41. The highest BCUT2D eigenvalue weighted by Crippen LogP contribution is 2.31. The van der Waals surface area contributed by atoms with Gasteiger partial charge in [-0.25, -0.2) is 8.42 Å². The first-order valence-corrected chi connectivity index (χ1v) is 8.68. The number of sulfonamides is 1. The van der Waals surface area contributed by atoms with Gasteiger partial charge >= 0.3 is 0 Å². The van der Waals surface area contributed by atoms with Gasteiger partial charge < -0.3 is 4.74 Å². The Hall–Kier alpha value is -0.950. The average molecular weight is 411 g/mol.